The van der Waals surface area contributed by atoms with E-state index in [0.717, 1.165) is 23.7 Å². The van der Waals surface area contributed by atoms with Crippen LogP contribution in [0.4, 0.5) is 0 Å². The average Bonchev–Trinajstić information content (AvgIpc) is 2.52. The summed E-state index contributed by atoms with van der Waals surface area (Å²) in [4.78, 5) is 26.6. The van der Waals surface area contributed by atoms with Gasteiger partial charge < -0.3 is 15.0 Å². The third-order valence-corrected chi connectivity index (χ3v) is 3.55. The lowest BCUT2D eigenvalue weighted by Crippen LogP contribution is -2.25. The molecule has 0 saturated heterocycles. The Balaban J connectivity index is 1.85. The average molecular weight is 302 g/mol. The second-order valence-electron chi connectivity index (χ2n) is 5.26. The van der Waals surface area contributed by atoms with E-state index < -0.39 is 0 Å². The van der Waals surface area contributed by atoms with Crippen LogP contribution < -0.4 is 10.9 Å². The number of hydrogen-bond acceptors (Lipinski definition) is 3. The van der Waals surface area contributed by atoms with Crippen molar-refractivity contribution in [2.45, 2.75) is 25.7 Å². The summed E-state index contributed by atoms with van der Waals surface area (Å²) >= 11 is 0. The van der Waals surface area contributed by atoms with Gasteiger partial charge in [-0.25, -0.2) is 0 Å². The molecule has 2 rings (SSSR count). The third kappa shape index (κ3) is 4.70. The molecule has 5 nitrogen and oxygen atoms in total. The summed E-state index contributed by atoms with van der Waals surface area (Å²) < 4.78 is 4.95. The monoisotopic (exact) mass is 302 g/mol. The number of hydrogen-bond donors (Lipinski definition) is 2. The molecular formula is C17H22N2O3. The first kappa shape index (κ1) is 16.2. The van der Waals surface area contributed by atoms with Crippen molar-refractivity contribution >= 4 is 16.8 Å². The van der Waals surface area contributed by atoms with Crippen LogP contribution in [-0.2, 0) is 16.0 Å². The molecule has 5 heteroatoms. The van der Waals surface area contributed by atoms with Crippen molar-refractivity contribution in [3.63, 3.8) is 0 Å². The zero-order chi connectivity index (χ0) is 15.8. The molecule has 1 aromatic heterocycles. The van der Waals surface area contributed by atoms with Crippen molar-refractivity contribution in [3.05, 3.63) is 46.2 Å². The molecule has 0 saturated carbocycles. The summed E-state index contributed by atoms with van der Waals surface area (Å²) in [6.07, 6.45) is 2.60. The number of ether oxygens (including phenoxy) is 1. The predicted molar refractivity (Wildman–Crippen MR) is 87.0 cm³/mol. The van der Waals surface area contributed by atoms with Gasteiger partial charge in [-0.2, -0.15) is 0 Å². The summed E-state index contributed by atoms with van der Waals surface area (Å²) in [6.45, 7) is 1.36. The first-order valence-corrected chi connectivity index (χ1v) is 7.57. The normalized spacial score (nSPS) is 10.8. The van der Waals surface area contributed by atoms with Crippen molar-refractivity contribution in [1.29, 1.82) is 0 Å². The Morgan fingerprint density at radius 3 is 2.91 bits per heavy atom. The van der Waals surface area contributed by atoms with E-state index >= 15 is 0 Å². The Kier molecular flexibility index (Phi) is 6.15. The molecule has 0 unspecified atom stereocenters. The Hall–Kier alpha value is -2.14. The molecule has 118 valence electrons. The summed E-state index contributed by atoms with van der Waals surface area (Å²) in [5.41, 5.74) is 1.35. The zero-order valence-corrected chi connectivity index (χ0v) is 12.9. The maximum atomic E-state index is 12.0. The number of nitrogens with one attached hydrogen (secondary N) is 2. The van der Waals surface area contributed by atoms with Crippen LogP contribution in [0.1, 0.15) is 24.8 Å². The van der Waals surface area contributed by atoms with Crippen LogP contribution in [0.2, 0.25) is 0 Å². The highest BCUT2D eigenvalue weighted by Crippen LogP contribution is 2.10. The number of amides is 1. The lowest BCUT2D eigenvalue weighted by Gasteiger charge is -2.06. The summed E-state index contributed by atoms with van der Waals surface area (Å²) in [5.74, 6) is -0.0232. The van der Waals surface area contributed by atoms with E-state index in [4.69, 9.17) is 4.74 Å². The molecule has 2 aromatic rings. The van der Waals surface area contributed by atoms with Crippen LogP contribution in [0.5, 0.6) is 0 Å². The van der Waals surface area contributed by atoms with Crippen LogP contribution >= 0.6 is 0 Å². The van der Waals surface area contributed by atoms with Gasteiger partial charge in [0.05, 0.1) is 0 Å². The van der Waals surface area contributed by atoms with Crippen LogP contribution in [0, 0.1) is 0 Å². The number of unbranched alkanes of at least 4 members (excludes halogenated alkanes) is 1. The van der Waals surface area contributed by atoms with Crippen molar-refractivity contribution in [2.24, 2.45) is 0 Å². The van der Waals surface area contributed by atoms with Crippen LogP contribution in [0.3, 0.4) is 0 Å². The third-order valence-electron chi connectivity index (χ3n) is 3.55. The predicted octanol–water partition coefficient (Wildman–Crippen LogP) is 2.00. The van der Waals surface area contributed by atoms with Gasteiger partial charge in [0.25, 0.3) is 5.56 Å². The molecule has 0 atom stereocenters. The van der Waals surface area contributed by atoms with Gasteiger partial charge in [0.1, 0.15) is 0 Å². The van der Waals surface area contributed by atoms with Gasteiger partial charge in [0.2, 0.25) is 5.91 Å². The number of para-hydroxylation sites is 1. The van der Waals surface area contributed by atoms with E-state index in [1.54, 1.807) is 7.11 Å². The van der Waals surface area contributed by atoms with E-state index in [1.165, 1.54) is 0 Å². The fraction of sp³-hybridized carbons (Fsp3) is 0.412. The Bertz CT molecular complexity index is 679. The highest BCUT2D eigenvalue weighted by molar-refractivity contribution is 5.79. The van der Waals surface area contributed by atoms with Crippen LogP contribution in [0.15, 0.2) is 35.1 Å². The maximum Gasteiger partial charge on any atom is 0.251 e. The van der Waals surface area contributed by atoms with Gasteiger partial charge >= 0.3 is 0 Å². The molecular weight excluding hydrogens is 280 g/mol. The SMILES string of the molecule is COCCCCNC(=O)CCc1cc2ccccc2[nH]c1=O. The number of aromatic nitrogens is 1. The molecule has 22 heavy (non-hydrogen) atoms. The van der Waals surface area contributed by atoms with E-state index in [9.17, 15) is 9.59 Å². The minimum atomic E-state index is -0.119. The first-order chi connectivity index (χ1) is 10.7. The quantitative estimate of drug-likeness (QED) is 0.733. The van der Waals surface area contributed by atoms with E-state index in [-0.39, 0.29) is 11.5 Å². The number of H-pyrrole nitrogens is 1. The van der Waals surface area contributed by atoms with Gasteiger partial charge in [-0.05, 0) is 36.8 Å². The fourth-order valence-corrected chi connectivity index (χ4v) is 2.31. The van der Waals surface area contributed by atoms with Gasteiger partial charge in [0.15, 0.2) is 0 Å². The molecule has 0 aliphatic rings. The van der Waals surface area contributed by atoms with Crippen molar-refractivity contribution in [1.82, 2.24) is 10.3 Å². The van der Waals surface area contributed by atoms with Gasteiger partial charge in [-0.3, -0.25) is 9.59 Å². The second-order valence-corrected chi connectivity index (χ2v) is 5.26. The number of aryl methyl sites for hydroxylation is 1. The largest absolute Gasteiger partial charge is 0.385 e. The highest BCUT2D eigenvalue weighted by Gasteiger charge is 2.06. The number of fused-ring (bicyclic) bond motifs is 1. The lowest BCUT2D eigenvalue weighted by atomic mass is 10.1. The van der Waals surface area contributed by atoms with Crippen molar-refractivity contribution < 1.29 is 9.53 Å². The van der Waals surface area contributed by atoms with Crippen LogP contribution in [-0.4, -0.2) is 31.2 Å². The first-order valence-electron chi connectivity index (χ1n) is 7.57. The molecule has 0 fully saturated rings. The number of carbonyl (C=O) groups is 1. The number of benzene rings is 1. The second kappa shape index (κ2) is 8.34. The van der Waals surface area contributed by atoms with E-state index in [1.807, 2.05) is 30.3 Å². The smallest absolute Gasteiger partial charge is 0.251 e. The number of methoxy groups -OCH3 is 1. The molecule has 1 amide bonds. The topological polar surface area (TPSA) is 71.2 Å². The summed E-state index contributed by atoms with van der Waals surface area (Å²) in [5, 5.41) is 3.85. The maximum absolute atomic E-state index is 12.0. The van der Waals surface area contributed by atoms with Gasteiger partial charge in [-0.1, -0.05) is 18.2 Å². The molecule has 0 aliphatic heterocycles. The summed E-state index contributed by atoms with van der Waals surface area (Å²) in [7, 11) is 1.67. The molecule has 0 spiro atoms. The van der Waals surface area contributed by atoms with Crippen molar-refractivity contribution in [3.8, 4) is 0 Å². The van der Waals surface area contributed by atoms with Crippen molar-refractivity contribution in [2.75, 3.05) is 20.3 Å². The Morgan fingerprint density at radius 2 is 2.09 bits per heavy atom. The van der Waals surface area contributed by atoms with Gasteiger partial charge in [0, 0.05) is 37.8 Å². The molecule has 0 bridgehead atoms. The minimum Gasteiger partial charge on any atom is -0.385 e. The zero-order valence-electron chi connectivity index (χ0n) is 12.9. The number of carbonyl (C=O) groups excluding carboxylic acids is 1. The number of pyridine rings is 1. The van der Waals surface area contributed by atoms with E-state index in [2.05, 4.69) is 10.3 Å². The number of rotatable bonds is 8. The minimum absolute atomic E-state index is 0.0232. The van der Waals surface area contributed by atoms with Crippen LogP contribution in [0.25, 0.3) is 10.9 Å². The molecule has 0 radical (unpaired) electrons. The molecule has 2 N–H and O–H groups in total. The molecule has 0 aliphatic carbocycles. The highest BCUT2D eigenvalue weighted by atomic mass is 16.5. The molecule has 1 heterocycles. The summed E-state index contributed by atoms with van der Waals surface area (Å²) in [6, 6.07) is 9.49. The molecule has 1 aromatic carbocycles. The van der Waals surface area contributed by atoms with Gasteiger partial charge in [-0.15, -0.1) is 0 Å². The van der Waals surface area contributed by atoms with E-state index in [0.29, 0.717) is 31.6 Å². The lowest BCUT2D eigenvalue weighted by molar-refractivity contribution is -0.121. The number of aromatic amines is 1. The Morgan fingerprint density at radius 1 is 1.27 bits per heavy atom. The fourth-order valence-electron chi connectivity index (χ4n) is 2.31. The Labute approximate surface area is 129 Å². The standard InChI is InChI=1S/C17H22N2O3/c1-22-11-5-4-10-18-16(20)9-8-14-12-13-6-2-3-7-15(13)19-17(14)21/h2-3,6-7,12H,4-5,8-11H2,1H3,(H,18,20)(H,19,21).